The number of nitrogens with two attached hydrogens (primary N) is 1. The summed E-state index contributed by atoms with van der Waals surface area (Å²) in [5.41, 5.74) is 3.24. The van der Waals surface area contributed by atoms with Crippen molar-refractivity contribution in [1.82, 2.24) is 20.3 Å². The third-order valence-electron chi connectivity index (χ3n) is 5.78. The van der Waals surface area contributed by atoms with Gasteiger partial charge in [-0.3, -0.25) is 4.79 Å². The molecule has 1 aliphatic carbocycles. The number of nitrogens with zero attached hydrogens (tertiary/aromatic N) is 2. The van der Waals surface area contributed by atoms with Crippen LogP contribution in [0.25, 0.3) is 11.0 Å². The number of rotatable bonds is 8. The van der Waals surface area contributed by atoms with Crippen molar-refractivity contribution >= 4 is 48.3 Å². The molecule has 0 aliphatic heterocycles. The fraction of sp³-hybridized carbons (Fsp3) is 0.381. The zero-order chi connectivity index (χ0) is 24.5. The fourth-order valence-electron chi connectivity index (χ4n) is 4.11. The zero-order valence-corrected chi connectivity index (χ0v) is 20.2. The van der Waals surface area contributed by atoms with Gasteiger partial charge >= 0.3 is 0 Å². The van der Waals surface area contributed by atoms with Crippen LogP contribution in [0.2, 0.25) is 0 Å². The van der Waals surface area contributed by atoms with E-state index < -0.39 is 19.9 Å². The van der Waals surface area contributed by atoms with E-state index in [-0.39, 0.29) is 22.5 Å². The van der Waals surface area contributed by atoms with Gasteiger partial charge in [-0.25, -0.2) is 31.9 Å². The number of carbonyl (C=O) groups is 1. The van der Waals surface area contributed by atoms with Crippen LogP contribution < -0.4 is 15.8 Å². The minimum atomic E-state index is -3.79. The quantitative estimate of drug-likeness (QED) is 0.327. The third kappa shape index (κ3) is 5.54. The van der Waals surface area contributed by atoms with Crippen molar-refractivity contribution in [2.75, 3.05) is 23.9 Å². The molecule has 1 aliphatic rings. The van der Waals surface area contributed by atoms with E-state index in [1.165, 1.54) is 24.7 Å². The monoisotopic (exact) mass is 506 g/mol. The van der Waals surface area contributed by atoms with Crippen LogP contribution in [0.15, 0.2) is 35.5 Å². The summed E-state index contributed by atoms with van der Waals surface area (Å²) in [6.45, 7) is 0.313. The Morgan fingerprint density at radius 1 is 1.18 bits per heavy atom. The van der Waals surface area contributed by atoms with Crippen molar-refractivity contribution in [1.29, 1.82) is 0 Å². The SMILES string of the molecule is CS(=O)(=O)CCCNC(=O)[C@H]1CCc2[nH]c3ncnc(Nc4ccc(S(N)(=O)=O)cc4)c3c2C1. The predicted octanol–water partition coefficient (Wildman–Crippen LogP) is 1.00. The number of aryl methyl sites for hydroxylation is 1. The van der Waals surface area contributed by atoms with Crippen molar-refractivity contribution in [3.05, 3.63) is 41.9 Å². The van der Waals surface area contributed by atoms with Crippen molar-refractivity contribution in [2.24, 2.45) is 11.1 Å². The van der Waals surface area contributed by atoms with E-state index in [9.17, 15) is 21.6 Å². The number of aromatic nitrogens is 3. The molecule has 0 unspecified atom stereocenters. The molecule has 1 atom stereocenters. The van der Waals surface area contributed by atoms with Gasteiger partial charge in [-0.15, -0.1) is 0 Å². The van der Waals surface area contributed by atoms with Crippen molar-refractivity contribution in [3.8, 4) is 0 Å². The number of hydrogen-bond acceptors (Lipinski definition) is 8. The Morgan fingerprint density at radius 2 is 1.91 bits per heavy atom. The second-order valence-corrected chi connectivity index (χ2v) is 12.3. The molecule has 2 heterocycles. The first-order valence-electron chi connectivity index (χ1n) is 10.7. The van der Waals surface area contributed by atoms with Crippen LogP contribution in [0, 0.1) is 5.92 Å². The van der Waals surface area contributed by atoms with Crippen LogP contribution in [-0.4, -0.2) is 56.2 Å². The lowest BCUT2D eigenvalue weighted by Gasteiger charge is -2.22. The second-order valence-electron chi connectivity index (χ2n) is 8.44. The van der Waals surface area contributed by atoms with Crippen LogP contribution in [0.4, 0.5) is 11.5 Å². The Bertz CT molecular complexity index is 1430. The number of amides is 1. The van der Waals surface area contributed by atoms with E-state index in [1.54, 1.807) is 12.1 Å². The third-order valence-corrected chi connectivity index (χ3v) is 7.74. The van der Waals surface area contributed by atoms with Gasteiger partial charge in [0.2, 0.25) is 15.9 Å². The Hall–Kier alpha value is -3.03. The summed E-state index contributed by atoms with van der Waals surface area (Å²) >= 11 is 0. The van der Waals surface area contributed by atoms with Gasteiger partial charge in [0.15, 0.2) is 0 Å². The van der Waals surface area contributed by atoms with Crippen molar-refractivity contribution in [2.45, 2.75) is 30.6 Å². The molecular formula is C21H26N6O5S2. The number of benzene rings is 1. The largest absolute Gasteiger partial charge is 0.356 e. The maximum Gasteiger partial charge on any atom is 0.238 e. The summed E-state index contributed by atoms with van der Waals surface area (Å²) in [5, 5.41) is 12.0. The molecule has 5 N–H and O–H groups in total. The highest BCUT2D eigenvalue weighted by atomic mass is 32.2. The Balaban J connectivity index is 1.52. The molecule has 0 fully saturated rings. The Kier molecular flexibility index (Phi) is 6.60. The first kappa shape index (κ1) is 24.1. The lowest BCUT2D eigenvalue weighted by atomic mass is 9.86. The molecule has 11 nitrogen and oxygen atoms in total. The summed E-state index contributed by atoms with van der Waals surface area (Å²) in [5.74, 6) is 0.236. The zero-order valence-electron chi connectivity index (χ0n) is 18.5. The number of anilines is 2. The number of aromatic amines is 1. The minimum absolute atomic E-state index is 0.00954. The standard InChI is InChI=1S/C21H26N6O5S2/c1-33(29,30)10-2-9-23-21(28)13-3-8-17-16(11-13)18-19(24-12-25-20(18)27-17)26-14-4-6-15(7-5-14)34(22,31)32/h4-7,12-13H,2-3,8-11H2,1H3,(H,23,28)(H2,22,31,32)(H2,24,25,26,27)/t13-/m0/s1. The van der Waals surface area contributed by atoms with Gasteiger partial charge in [-0.05, 0) is 55.5 Å². The van der Waals surface area contributed by atoms with E-state index in [0.717, 1.165) is 16.6 Å². The van der Waals surface area contributed by atoms with Gasteiger partial charge in [-0.1, -0.05) is 0 Å². The van der Waals surface area contributed by atoms with Gasteiger partial charge in [0, 0.05) is 30.1 Å². The molecule has 0 saturated heterocycles. The maximum atomic E-state index is 12.7. The van der Waals surface area contributed by atoms with Crippen LogP contribution in [-0.2, 0) is 37.5 Å². The van der Waals surface area contributed by atoms with Gasteiger partial charge in [0.1, 0.15) is 27.6 Å². The van der Waals surface area contributed by atoms with Gasteiger partial charge in [0.05, 0.1) is 16.0 Å². The molecule has 13 heteroatoms. The summed E-state index contributed by atoms with van der Waals surface area (Å²) in [7, 11) is -6.84. The summed E-state index contributed by atoms with van der Waals surface area (Å²) in [6.07, 6.45) is 4.83. The molecule has 0 spiro atoms. The topological polar surface area (TPSA) is 177 Å². The van der Waals surface area contributed by atoms with Crippen molar-refractivity contribution in [3.63, 3.8) is 0 Å². The Morgan fingerprint density at radius 3 is 2.59 bits per heavy atom. The first-order valence-corrected chi connectivity index (χ1v) is 14.3. The summed E-state index contributed by atoms with van der Waals surface area (Å²) in [6, 6.07) is 6.01. The van der Waals surface area contributed by atoms with Gasteiger partial charge in [0.25, 0.3) is 0 Å². The normalized spacial score (nSPS) is 16.2. The maximum absolute atomic E-state index is 12.7. The highest BCUT2D eigenvalue weighted by Crippen LogP contribution is 2.35. The van der Waals surface area contributed by atoms with Crippen LogP contribution >= 0.6 is 0 Å². The van der Waals surface area contributed by atoms with Gasteiger partial charge in [-0.2, -0.15) is 0 Å². The molecule has 0 bridgehead atoms. The van der Waals surface area contributed by atoms with Crippen LogP contribution in [0.1, 0.15) is 24.1 Å². The summed E-state index contributed by atoms with van der Waals surface area (Å²) in [4.78, 5) is 24.7. The second kappa shape index (κ2) is 9.31. The van der Waals surface area contributed by atoms with E-state index in [4.69, 9.17) is 5.14 Å². The average Bonchev–Trinajstić information content (AvgIpc) is 3.14. The number of primary sulfonamides is 1. The lowest BCUT2D eigenvalue weighted by molar-refractivity contribution is -0.125. The number of sulfone groups is 1. The van der Waals surface area contributed by atoms with Crippen molar-refractivity contribution < 1.29 is 21.6 Å². The summed E-state index contributed by atoms with van der Waals surface area (Å²) < 4.78 is 45.5. The molecule has 3 aromatic rings. The predicted molar refractivity (Wildman–Crippen MR) is 128 cm³/mol. The number of nitrogens with one attached hydrogen (secondary N) is 3. The highest BCUT2D eigenvalue weighted by Gasteiger charge is 2.29. The van der Waals surface area contributed by atoms with E-state index in [1.807, 2.05) is 0 Å². The number of H-pyrrole nitrogens is 1. The molecule has 2 aromatic heterocycles. The van der Waals surface area contributed by atoms with Crippen LogP contribution in [0.3, 0.4) is 0 Å². The number of sulfonamides is 1. The molecule has 0 radical (unpaired) electrons. The minimum Gasteiger partial charge on any atom is -0.356 e. The molecule has 34 heavy (non-hydrogen) atoms. The van der Waals surface area contributed by atoms with E-state index >= 15 is 0 Å². The molecule has 1 amide bonds. The number of hydrogen-bond donors (Lipinski definition) is 4. The Labute approximate surface area is 197 Å². The van der Waals surface area contributed by atoms with Crippen LogP contribution in [0.5, 0.6) is 0 Å². The number of fused-ring (bicyclic) bond motifs is 3. The molecule has 4 rings (SSSR count). The molecule has 1 aromatic carbocycles. The van der Waals surface area contributed by atoms with E-state index in [0.29, 0.717) is 49.4 Å². The number of carbonyl (C=O) groups excluding carboxylic acids is 1. The van der Waals surface area contributed by atoms with E-state index in [2.05, 4.69) is 25.6 Å². The molecule has 0 saturated carbocycles. The van der Waals surface area contributed by atoms with Gasteiger partial charge < -0.3 is 15.6 Å². The highest BCUT2D eigenvalue weighted by molar-refractivity contribution is 7.90. The fourth-order valence-corrected chi connectivity index (χ4v) is 5.30. The first-order chi connectivity index (χ1) is 16.0. The average molecular weight is 507 g/mol. The molecular weight excluding hydrogens is 480 g/mol. The smallest absolute Gasteiger partial charge is 0.238 e. The lowest BCUT2D eigenvalue weighted by Crippen LogP contribution is -2.35. The molecule has 182 valence electrons.